The minimum absolute atomic E-state index is 0.0568. The molecular weight excluding hydrogens is 296 g/mol. The van der Waals surface area contributed by atoms with Gasteiger partial charge < -0.3 is 10.6 Å². The topological polar surface area (TPSA) is 59.0 Å². The third-order valence-electron chi connectivity index (χ3n) is 4.37. The van der Waals surface area contributed by atoms with Crippen LogP contribution in [0.15, 0.2) is 23.8 Å². The van der Waals surface area contributed by atoms with E-state index in [0.717, 1.165) is 17.2 Å². The second-order valence-corrected chi connectivity index (χ2v) is 7.34. The van der Waals surface area contributed by atoms with Crippen LogP contribution in [-0.4, -0.2) is 28.3 Å². The maximum atomic E-state index is 12.2. The van der Waals surface area contributed by atoms with Crippen molar-refractivity contribution < 1.29 is 4.79 Å². The van der Waals surface area contributed by atoms with Crippen molar-refractivity contribution in [1.29, 1.82) is 0 Å². The molecule has 0 aromatic carbocycles. The molecular formula is C16H20N4OS. The highest BCUT2D eigenvalue weighted by atomic mass is 32.1. The van der Waals surface area contributed by atoms with Gasteiger partial charge in [0, 0.05) is 35.5 Å². The van der Waals surface area contributed by atoms with Crippen molar-refractivity contribution in [2.75, 3.05) is 11.9 Å². The lowest BCUT2D eigenvalue weighted by atomic mass is 10.2. The molecule has 2 aromatic rings. The normalized spacial score (nSPS) is 23.5. The van der Waals surface area contributed by atoms with E-state index in [9.17, 15) is 4.79 Å². The number of aryl methyl sites for hydroxylation is 1. The molecule has 2 heterocycles. The van der Waals surface area contributed by atoms with Gasteiger partial charge in [0.05, 0.1) is 17.4 Å². The van der Waals surface area contributed by atoms with Crippen molar-refractivity contribution in [3.8, 4) is 0 Å². The van der Waals surface area contributed by atoms with Gasteiger partial charge in [-0.25, -0.2) is 0 Å². The molecule has 6 heteroatoms. The van der Waals surface area contributed by atoms with Gasteiger partial charge in [0.25, 0.3) is 5.91 Å². The number of amides is 1. The Morgan fingerprint density at radius 2 is 2.36 bits per heavy atom. The highest BCUT2D eigenvalue weighted by Crippen LogP contribution is 2.44. The number of rotatable bonds is 6. The minimum atomic E-state index is -0.0568. The van der Waals surface area contributed by atoms with E-state index in [1.54, 1.807) is 28.4 Å². The summed E-state index contributed by atoms with van der Waals surface area (Å²) in [5.74, 6) is 1.47. The molecule has 1 amide bonds. The molecule has 0 aliphatic heterocycles. The predicted octanol–water partition coefficient (Wildman–Crippen LogP) is 2.59. The van der Waals surface area contributed by atoms with Gasteiger partial charge >= 0.3 is 0 Å². The number of nitrogens with one attached hydrogen (secondary N) is 2. The molecule has 116 valence electrons. The van der Waals surface area contributed by atoms with Crippen molar-refractivity contribution >= 4 is 22.9 Å². The summed E-state index contributed by atoms with van der Waals surface area (Å²) in [7, 11) is 1.83. The number of hydrogen-bond donors (Lipinski definition) is 2. The van der Waals surface area contributed by atoms with Crippen molar-refractivity contribution in [1.82, 2.24) is 15.1 Å². The molecule has 4 rings (SSSR count). The number of carbonyl (C=O) groups is 1. The van der Waals surface area contributed by atoms with Gasteiger partial charge in [-0.15, -0.1) is 11.3 Å². The van der Waals surface area contributed by atoms with Crippen molar-refractivity contribution in [3.05, 3.63) is 34.3 Å². The van der Waals surface area contributed by atoms with E-state index in [2.05, 4.69) is 15.7 Å². The lowest BCUT2D eigenvalue weighted by molar-refractivity contribution is 0.102. The van der Waals surface area contributed by atoms with E-state index in [1.165, 1.54) is 30.7 Å². The lowest BCUT2D eigenvalue weighted by Gasteiger charge is -2.01. The van der Waals surface area contributed by atoms with Crippen LogP contribution < -0.4 is 10.6 Å². The quantitative estimate of drug-likeness (QED) is 0.861. The fourth-order valence-corrected chi connectivity index (χ4v) is 3.80. The maximum Gasteiger partial charge on any atom is 0.256 e. The van der Waals surface area contributed by atoms with Crippen molar-refractivity contribution in [2.24, 2.45) is 13.0 Å². The van der Waals surface area contributed by atoms with Crippen LogP contribution in [-0.2, 0) is 7.05 Å². The second-order valence-electron chi connectivity index (χ2n) is 6.39. The Hall–Kier alpha value is -1.66. The molecule has 0 saturated heterocycles. The van der Waals surface area contributed by atoms with E-state index in [-0.39, 0.29) is 5.91 Å². The highest BCUT2D eigenvalue weighted by Gasteiger charge is 2.40. The summed E-state index contributed by atoms with van der Waals surface area (Å²) < 4.78 is 1.68. The fraction of sp³-hybridized carbons (Fsp3) is 0.500. The Morgan fingerprint density at radius 3 is 3.09 bits per heavy atom. The number of thiophene rings is 1. The monoisotopic (exact) mass is 316 g/mol. The van der Waals surface area contributed by atoms with Crippen LogP contribution in [0.3, 0.4) is 0 Å². The van der Waals surface area contributed by atoms with Crippen LogP contribution in [0, 0.1) is 5.92 Å². The zero-order chi connectivity index (χ0) is 15.1. The first kappa shape index (κ1) is 14.0. The summed E-state index contributed by atoms with van der Waals surface area (Å²) in [5.41, 5.74) is 1.48. The Bertz CT molecular complexity index is 688. The highest BCUT2D eigenvalue weighted by molar-refractivity contribution is 7.10. The Kier molecular flexibility index (Phi) is 3.50. The molecule has 0 bridgehead atoms. The smallest absolute Gasteiger partial charge is 0.256 e. The van der Waals surface area contributed by atoms with Gasteiger partial charge in [-0.05, 0) is 37.8 Å². The average Bonchev–Trinajstić information content (AvgIpc) is 3.38. The first-order valence-corrected chi connectivity index (χ1v) is 8.69. The van der Waals surface area contributed by atoms with Crippen LogP contribution in [0.1, 0.15) is 40.4 Å². The fourth-order valence-electron chi connectivity index (χ4n) is 2.73. The molecule has 2 saturated carbocycles. The molecule has 5 nitrogen and oxygen atoms in total. The SMILES string of the molecule is Cn1cc(NC(=O)c2csc(C3CC3NCC3CC3)c2)cn1. The molecule has 0 spiro atoms. The minimum Gasteiger partial charge on any atom is -0.319 e. The number of hydrogen-bond acceptors (Lipinski definition) is 4. The van der Waals surface area contributed by atoms with Gasteiger partial charge in [-0.3, -0.25) is 9.48 Å². The number of aromatic nitrogens is 2. The summed E-state index contributed by atoms with van der Waals surface area (Å²) in [6, 6.07) is 2.66. The van der Waals surface area contributed by atoms with E-state index < -0.39 is 0 Å². The van der Waals surface area contributed by atoms with E-state index >= 15 is 0 Å². The Balaban J connectivity index is 1.34. The molecule has 2 aromatic heterocycles. The molecule has 2 unspecified atom stereocenters. The third-order valence-corrected chi connectivity index (χ3v) is 5.43. The number of anilines is 1. The largest absolute Gasteiger partial charge is 0.319 e. The predicted molar refractivity (Wildman–Crippen MR) is 87.4 cm³/mol. The van der Waals surface area contributed by atoms with Gasteiger partial charge in [-0.2, -0.15) is 5.10 Å². The third kappa shape index (κ3) is 3.08. The molecule has 2 atom stereocenters. The van der Waals surface area contributed by atoms with Gasteiger partial charge in [0.2, 0.25) is 0 Å². The van der Waals surface area contributed by atoms with Gasteiger partial charge in [-0.1, -0.05) is 0 Å². The average molecular weight is 316 g/mol. The molecule has 2 aliphatic carbocycles. The number of nitrogens with zero attached hydrogens (tertiary/aromatic N) is 2. The van der Waals surface area contributed by atoms with Crippen LogP contribution in [0.4, 0.5) is 5.69 Å². The second kappa shape index (κ2) is 5.52. The first-order chi connectivity index (χ1) is 10.7. The molecule has 0 radical (unpaired) electrons. The number of carbonyl (C=O) groups excluding carboxylic acids is 1. The zero-order valence-corrected chi connectivity index (χ0v) is 13.4. The summed E-state index contributed by atoms with van der Waals surface area (Å²) in [5, 5.41) is 12.5. The standard InChI is InChI=1S/C16H20N4OS/c1-20-8-12(7-18-20)19-16(21)11-4-15(22-9-11)13-5-14(13)17-6-10-2-3-10/h4,7-10,13-14,17H,2-3,5-6H2,1H3,(H,19,21). The van der Waals surface area contributed by atoms with Crippen molar-refractivity contribution in [3.63, 3.8) is 0 Å². The van der Waals surface area contributed by atoms with Crippen LogP contribution in [0.2, 0.25) is 0 Å². The summed E-state index contributed by atoms with van der Waals surface area (Å²) in [6.45, 7) is 1.17. The van der Waals surface area contributed by atoms with E-state index in [1.807, 2.05) is 18.5 Å². The van der Waals surface area contributed by atoms with E-state index in [4.69, 9.17) is 0 Å². The molecule has 2 aliphatic rings. The van der Waals surface area contributed by atoms with Gasteiger partial charge in [0.15, 0.2) is 0 Å². The van der Waals surface area contributed by atoms with Crippen LogP contribution >= 0.6 is 11.3 Å². The summed E-state index contributed by atoms with van der Waals surface area (Å²) >= 11 is 1.70. The Morgan fingerprint density at radius 1 is 1.50 bits per heavy atom. The summed E-state index contributed by atoms with van der Waals surface area (Å²) in [6.07, 6.45) is 7.44. The summed E-state index contributed by atoms with van der Waals surface area (Å²) in [4.78, 5) is 13.6. The molecule has 2 N–H and O–H groups in total. The van der Waals surface area contributed by atoms with E-state index in [0.29, 0.717) is 12.0 Å². The first-order valence-electron chi connectivity index (χ1n) is 7.81. The van der Waals surface area contributed by atoms with Crippen LogP contribution in [0.25, 0.3) is 0 Å². The van der Waals surface area contributed by atoms with Crippen LogP contribution in [0.5, 0.6) is 0 Å². The van der Waals surface area contributed by atoms with Crippen molar-refractivity contribution in [2.45, 2.75) is 31.2 Å². The zero-order valence-electron chi connectivity index (χ0n) is 12.6. The maximum absolute atomic E-state index is 12.2. The molecule has 22 heavy (non-hydrogen) atoms. The lowest BCUT2D eigenvalue weighted by Crippen LogP contribution is -2.20. The van der Waals surface area contributed by atoms with Gasteiger partial charge in [0.1, 0.15) is 0 Å². The Labute approximate surface area is 133 Å². The molecule has 2 fully saturated rings.